The van der Waals surface area contributed by atoms with E-state index in [9.17, 15) is 24.3 Å². The number of nitrogens with zero attached hydrogens (tertiary/aromatic N) is 5. The van der Waals surface area contributed by atoms with Gasteiger partial charge < -0.3 is 25.4 Å². The lowest BCUT2D eigenvalue weighted by atomic mass is 10.0. The number of fused-ring (bicyclic) bond motifs is 1. The van der Waals surface area contributed by atoms with Crippen LogP contribution in [-0.4, -0.2) is 88.6 Å². The Morgan fingerprint density at radius 3 is 2.40 bits per heavy atom. The number of aromatic nitrogens is 2. The van der Waals surface area contributed by atoms with Gasteiger partial charge in [0.25, 0.3) is 11.8 Å². The number of piperidine rings is 1. The Morgan fingerprint density at radius 1 is 0.885 bits per heavy atom. The Morgan fingerprint density at radius 2 is 1.63 bits per heavy atom. The Bertz CT molecular complexity index is 1970. The Hall–Kier alpha value is -5.82. The van der Waals surface area contributed by atoms with Gasteiger partial charge in [-0.3, -0.25) is 29.4 Å². The molecule has 13 nitrogen and oxygen atoms in total. The maximum absolute atomic E-state index is 13.3. The zero-order chi connectivity index (χ0) is 36.8. The zero-order valence-corrected chi connectivity index (χ0v) is 29.4. The summed E-state index contributed by atoms with van der Waals surface area (Å²) in [5, 5.41) is 20.7. The second-order valence-corrected chi connectivity index (χ2v) is 13.3. The fraction of sp³-hybridized carbons (Fsp3) is 0.333. The maximum Gasteiger partial charge on any atom is 0.266 e. The molecule has 6 rings (SSSR count). The van der Waals surface area contributed by atoms with Gasteiger partial charge in [-0.2, -0.15) is 0 Å². The van der Waals surface area contributed by atoms with Crippen LogP contribution >= 0.6 is 0 Å². The molecule has 13 heteroatoms. The molecule has 1 atom stereocenters. The number of benzene rings is 3. The number of phenols is 1. The van der Waals surface area contributed by atoms with E-state index in [1.807, 2.05) is 24.1 Å². The largest absolute Gasteiger partial charge is 0.507 e. The quantitative estimate of drug-likeness (QED) is 0.120. The van der Waals surface area contributed by atoms with E-state index >= 15 is 0 Å². The van der Waals surface area contributed by atoms with Crippen LogP contribution in [0, 0.1) is 0 Å². The van der Waals surface area contributed by atoms with Crippen molar-refractivity contribution < 1.29 is 29.0 Å². The van der Waals surface area contributed by atoms with E-state index in [0.717, 1.165) is 55.9 Å². The van der Waals surface area contributed by atoms with E-state index in [-0.39, 0.29) is 29.7 Å². The highest BCUT2D eigenvalue weighted by atomic mass is 16.5. The average Bonchev–Trinajstić information content (AvgIpc) is 3.39. The van der Waals surface area contributed by atoms with Gasteiger partial charge in [-0.05, 0) is 87.2 Å². The maximum atomic E-state index is 13.3. The number of phenolic OH excluding ortho intramolecular Hbond substituents is 1. The molecule has 4 amide bonds. The molecule has 1 fully saturated rings. The number of aromatic hydroxyl groups is 1. The second kappa shape index (κ2) is 16.0. The van der Waals surface area contributed by atoms with Gasteiger partial charge in [0.2, 0.25) is 11.8 Å². The highest BCUT2D eigenvalue weighted by molar-refractivity contribution is 6.24. The molecule has 0 spiro atoms. The summed E-state index contributed by atoms with van der Waals surface area (Å²) in [5.74, 6) is -1.36. The Labute approximate surface area is 302 Å². The lowest BCUT2D eigenvalue weighted by molar-refractivity contribution is -0.136. The standard InChI is InChI=1S/C39H43N7O6/c1-44(20-6-3-7-22-52-33-12-8-10-28-35(33)39(51)46(38(28)50)30-17-18-34(48)41-37(30)49)24-26-15-13-25(14-16-26)19-21-45(2)31-23-29(42-43-36(31)40)27-9-4-5-11-32(27)47/h4-5,8-16,23,30,47H,3,6-7,17-22,24H2,1-2H3,(H2,40,43)(H,41,48,49). The van der Waals surface area contributed by atoms with Crippen LogP contribution in [0.1, 0.15) is 63.9 Å². The number of amides is 4. The number of rotatable bonds is 15. The average molecular weight is 706 g/mol. The molecule has 0 saturated carbocycles. The molecule has 1 aromatic heterocycles. The van der Waals surface area contributed by atoms with Crippen molar-refractivity contribution in [1.29, 1.82) is 0 Å². The van der Waals surface area contributed by atoms with E-state index < -0.39 is 29.7 Å². The van der Waals surface area contributed by atoms with Gasteiger partial charge in [0.05, 0.1) is 29.1 Å². The topological polar surface area (TPSA) is 171 Å². The van der Waals surface area contributed by atoms with Crippen LogP contribution in [0.3, 0.4) is 0 Å². The minimum absolute atomic E-state index is 0.0708. The van der Waals surface area contributed by atoms with Crippen LogP contribution in [0.25, 0.3) is 11.3 Å². The van der Waals surface area contributed by atoms with Crippen molar-refractivity contribution in [2.75, 3.05) is 44.4 Å². The predicted molar refractivity (Wildman–Crippen MR) is 196 cm³/mol. The number of ether oxygens (including phenoxy) is 1. The third-order valence-corrected chi connectivity index (χ3v) is 9.48. The van der Waals surface area contributed by atoms with Crippen molar-refractivity contribution >= 4 is 35.1 Å². The van der Waals surface area contributed by atoms with Crippen LogP contribution in [0.4, 0.5) is 11.5 Å². The molecule has 1 saturated heterocycles. The van der Waals surface area contributed by atoms with Crippen molar-refractivity contribution in [2.24, 2.45) is 0 Å². The zero-order valence-electron chi connectivity index (χ0n) is 29.4. The van der Waals surface area contributed by atoms with Crippen molar-refractivity contribution in [3.63, 3.8) is 0 Å². The van der Waals surface area contributed by atoms with Gasteiger partial charge in [0, 0.05) is 32.1 Å². The van der Waals surface area contributed by atoms with Gasteiger partial charge in [0.1, 0.15) is 17.5 Å². The number of imide groups is 2. The van der Waals surface area contributed by atoms with Crippen molar-refractivity contribution in [3.05, 3.63) is 95.1 Å². The lowest BCUT2D eigenvalue weighted by Crippen LogP contribution is -2.54. The van der Waals surface area contributed by atoms with Crippen molar-refractivity contribution in [2.45, 2.75) is 51.1 Å². The first kappa shape index (κ1) is 36.0. The van der Waals surface area contributed by atoms with Crippen LogP contribution in [0.2, 0.25) is 0 Å². The Balaban J connectivity index is 0.915. The number of hydrogen-bond donors (Lipinski definition) is 3. The third-order valence-electron chi connectivity index (χ3n) is 9.48. The lowest BCUT2D eigenvalue weighted by Gasteiger charge is -2.27. The molecule has 270 valence electrons. The molecular formula is C39H43N7O6. The molecule has 3 heterocycles. The van der Waals surface area contributed by atoms with Gasteiger partial charge in [-0.15, -0.1) is 10.2 Å². The van der Waals surface area contributed by atoms with Gasteiger partial charge in [0.15, 0.2) is 5.82 Å². The summed E-state index contributed by atoms with van der Waals surface area (Å²) >= 11 is 0. The highest BCUT2D eigenvalue weighted by Crippen LogP contribution is 2.34. The van der Waals surface area contributed by atoms with E-state index in [2.05, 4.69) is 51.7 Å². The SMILES string of the molecule is CN(CCCCCOc1cccc2c1C(=O)N(C1CCC(=O)NC1=O)C2=O)Cc1ccc(CCN(C)c2cc(-c3ccccc3O)nnc2N)cc1. The summed E-state index contributed by atoms with van der Waals surface area (Å²) in [4.78, 5) is 55.5. The predicted octanol–water partition coefficient (Wildman–Crippen LogP) is 4.19. The van der Waals surface area contributed by atoms with E-state index in [4.69, 9.17) is 10.5 Å². The first-order valence-corrected chi connectivity index (χ1v) is 17.5. The molecule has 1 unspecified atom stereocenters. The van der Waals surface area contributed by atoms with E-state index in [1.54, 1.807) is 36.4 Å². The summed E-state index contributed by atoms with van der Waals surface area (Å²) in [7, 11) is 4.06. The van der Waals surface area contributed by atoms with Crippen LogP contribution in [-0.2, 0) is 22.6 Å². The number of para-hydroxylation sites is 1. The summed E-state index contributed by atoms with van der Waals surface area (Å²) in [6.45, 7) is 2.84. The molecule has 52 heavy (non-hydrogen) atoms. The van der Waals surface area contributed by atoms with E-state index in [1.165, 1.54) is 11.1 Å². The van der Waals surface area contributed by atoms with Gasteiger partial charge in [-0.1, -0.05) is 42.5 Å². The second-order valence-electron chi connectivity index (χ2n) is 13.3. The number of hydrogen-bond acceptors (Lipinski definition) is 11. The highest BCUT2D eigenvalue weighted by Gasteiger charge is 2.46. The summed E-state index contributed by atoms with van der Waals surface area (Å²) < 4.78 is 5.96. The first-order chi connectivity index (χ1) is 25.1. The third kappa shape index (κ3) is 8.05. The Kier molecular flexibility index (Phi) is 11.1. The van der Waals surface area contributed by atoms with Crippen LogP contribution in [0.15, 0.2) is 72.8 Å². The van der Waals surface area contributed by atoms with Crippen LogP contribution in [0.5, 0.6) is 11.5 Å². The number of likely N-dealkylation sites (N-methyl/N-ethyl adjacent to an activating group) is 1. The smallest absolute Gasteiger partial charge is 0.266 e. The van der Waals surface area contributed by atoms with Crippen LogP contribution < -0.4 is 20.7 Å². The molecular weight excluding hydrogens is 662 g/mol. The molecule has 4 N–H and O–H groups in total. The minimum atomic E-state index is -1.01. The number of nitrogens with one attached hydrogen (secondary N) is 1. The minimum Gasteiger partial charge on any atom is -0.507 e. The number of carbonyl (C=O) groups is 4. The van der Waals surface area contributed by atoms with E-state index in [0.29, 0.717) is 29.4 Å². The van der Waals surface area contributed by atoms with Gasteiger partial charge >= 0.3 is 0 Å². The summed E-state index contributed by atoms with van der Waals surface area (Å²) in [6.07, 6.45) is 3.66. The monoisotopic (exact) mass is 705 g/mol. The summed E-state index contributed by atoms with van der Waals surface area (Å²) in [5.41, 5.74) is 10.9. The molecule has 0 aliphatic carbocycles. The fourth-order valence-electron chi connectivity index (χ4n) is 6.59. The normalized spacial score (nSPS) is 15.6. The number of anilines is 2. The molecule has 4 aromatic rings. The summed E-state index contributed by atoms with van der Waals surface area (Å²) in [6, 6.07) is 21.4. The number of nitrogens with two attached hydrogens (primary N) is 1. The van der Waals surface area contributed by atoms with Crippen molar-refractivity contribution in [1.82, 2.24) is 25.3 Å². The number of nitrogen functional groups attached to an aromatic ring is 1. The molecule has 3 aromatic carbocycles. The first-order valence-electron chi connectivity index (χ1n) is 17.5. The molecule has 0 radical (unpaired) electrons. The number of unbranched alkanes of at least 4 members (excludes halogenated alkanes) is 2. The molecule has 0 bridgehead atoms. The molecule has 2 aliphatic rings. The van der Waals surface area contributed by atoms with Gasteiger partial charge in [-0.25, -0.2) is 0 Å². The van der Waals surface area contributed by atoms with Crippen molar-refractivity contribution in [3.8, 4) is 22.8 Å². The number of carbonyl (C=O) groups excluding carboxylic acids is 4. The fourth-order valence-corrected chi connectivity index (χ4v) is 6.59. The molecule has 2 aliphatic heterocycles.